The van der Waals surface area contributed by atoms with Gasteiger partial charge in [0.1, 0.15) is 0 Å². The SMILES string of the molecule is CCC1OCCC1CNCc1cccc2ccccc12. The van der Waals surface area contributed by atoms with Crippen LogP contribution in [0.4, 0.5) is 0 Å². The highest BCUT2D eigenvalue weighted by atomic mass is 16.5. The number of hydrogen-bond donors (Lipinski definition) is 1. The quantitative estimate of drug-likeness (QED) is 0.892. The number of rotatable bonds is 5. The van der Waals surface area contributed by atoms with E-state index in [1.165, 1.54) is 22.8 Å². The molecule has 2 nitrogen and oxygen atoms in total. The molecule has 2 unspecified atom stereocenters. The molecule has 1 fully saturated rings. The van der Waals surface area contributed by atoms with E-state index in [0.29, 0.717) is 12.0 Å². The van der Waals surface area contributed by atoms with E-state index in [4.69, 9.17) is 4.74 Å². The molecule has 20 heavy (non-hydrogen) atoms. The maximum absolute atomic E-state index is 5.75. The zero-order valence-corrected chi connectivity index (χ0v) is 12.1. The van der Waals surface area contributed by atoms with Crippen LogP contribution in [0.2, 0.25) is 0 Å². The Hall–Kier alpha value is -1.38. The minimum Gasteiger partial charge on any atom is -0.378 e. The van der Waals surface area contributed by atoms with Crippen molar-refractivity contribution in [2.75, 3.05) is 13.2 Å². The average Bonchev–Trinajstić information content (AvgIpc) is 2.95. The van der Waals surface area contributed by atoms with Gasteiger partial charge in [-0.2, -0.15) is 0 Å². The third-order valence-corrected chi connectivity index (χ3v) is 4.35. The Bertz CT molecular complexity index is 561. The monoisotopic (exact) mass is 269 g/mol. The lowest BCUT2D eigenvalue weighted by Gasteiger charge is -2.17. The molecule has 1 aliphatic heterocycles. The maximum Gasteiger partial charge on any atom is 0.0613 e. The smallest absolute Gasteiger partial charge is 0.0613 e. The summed E-state index contributed by atoms with van der Waals surface area (Å²) in [5.74, 6) is 0.676. The molecule has 0 saturated carbocycles. The molecule has 0 aromatic heterocycles. The van der Waals surface area contributed by atoms with E-state index in [2.05, 4.69) is 54.7 Å². The molecule has 2 aromatic rings. The van der Waals surface area contributed by atoms with E-state index in [-0.39, 0.29) is 0 Å². The summed E-state index contributed by atoms with van der Waals surface area (Å²) in [6.07, 6.45) is 2.77. The van der Waals surface area contributed by atoms with Crippen LogP contribution >= 0.6 is 0 Å². The molecule has 0 bridgehead atoms. The summed E-state index contributed by atoms with van der Waals surface area (Å²) < 4.78 is 5.75. The number of benzene rings is 2. The average molecular weight is 269 g/mol. The van der Waals surface area contributed by atoms with Gasteiger partial charge in [0.25, 0.3) is 0 Å². The Balaban J connectivity index is 1.63. The Morgan fingerprint density at radius 1 is 1.15 bits per heavy atom. The van der Waals surface area contributed by atoms with Crippen molar-refractivity contribution in [1.29, 1.82) is 0 Å². The third-order valence-electron chi connectivity index (χ3n) is 4.35. The molecule has 3 rings (SSSR count). The third kappa shape index (κ3) is 2.87. The molecule has 1 aliphatic rings. The Kier molecular flexibility index (Phi) is 4.34. The van der Waals surface area contributed by atoms with Crippen LogP contribution < -0.4 is 5.32 Å². The van der Waals surface area contributed by atoms with Gasteiger partial charge in [-0.1, -0.05) is 49.4 Å². The van der Waals surface area contributed by atoms with Crippen molar-refractivity contribution in [2.45, 2.75) is 32.4 Å². The topological polar surface area (TPSA) is 21.3 Å². The summed E-state index contributed by atoms with van der Waals surface area (Å²) >= 11 is 0. The molecular weight excluding hydrogens is 246 g/mol. The lowest BCUT2D eigenvalue weighted by Crippen LogP contribution is -2.28. The molecule has 2 atom stereocenters. The van der Waals surface area contributed by atoms with Gasteiger partial charge in [-0.3, -0.25) is 0 Å². The molecule has 1 N–H and O–H groups in total. The summed E-state index contributed by atoms with van der Waals surface area (Å²) in [6, 6.07) is 15.1. The maximum atomic E-state index is 5.75. The Labute approximate surface area is 121 Å². The van der Waals surface area contributed by atoms with Crippen LogP contribution in [0.3, 0.4) is 0 Å². The first-order chi connectivity index (χ1) is 9.88. The van der Waals surface area contributed by atoms with Crippen LogP contribution in [0.15, 0.2) is 42.5 Å². The molecule has 0 aliphatic carbocycles. The van der Waals surface area contributed by atoms with Crippen LogP contribution in [0, 0.1) is 5.92 Å². The molecule has 106 valence electrons. The van der Waals surface area contributed by atoms with Crippen molar-refractivity contribution < 1.29 is 4.74 Å². The van der Waals surface area contributed by atoms with Gasteiger partial charge >= 0.3 is 0 Å². The van der Waals surface area contributed by atoms with Crippen molar-refractivity contribution in [3.8, 4) is 0 Å². The first-order valence-electron chi connectivity index (χ1n) is 7.67. The number of hydrogen-bond acceptors (Lipinski definition) is 2. The standard InChI is InChI=1S/C18H23NO/c1-2-18-16(10-11-20-18)13-19-12-15-8-5-7-14-6-3-4-9-17(14)15/h3-9,16,18-19H,2,10-13H2,1H3. The van der Waals surface area contributed by atoms with Crippen molar-refractivity contribution in [1.82, 2.24) is 5.32 Å². The highest BCUT2D eigenvalue weighted by Crippen LogP contribution is 2.23. The Morgan fingerprint density at radius 2 is 2.00 bits per heavy atom. The summed E-state index contributed by atoms with van der Waals surface area (Å²) in [5, 5.41) is 6.30. The second-order valence-corrected chi connectivity index (χ2v) is 5.64. The van der Waals surface area contributed by atoms with Crippen LogP contribution in [-0.4, -0.2) is 19.3 Å². The molecule has 1 heterocycles. The number of ether oxygens (including phenoxy) is 1. The van der Waals surface area contributed by atoms with Gasteiger partial charge in [0, 0.05) is 19.7 Å². The summed E-state index contributed by atoms with van der Waals surface area (Å²) in [6.45, 7) is 5.14. The van der Waals surface area contributed by atoms with Crippen molar-refractivity contribution in [3.05, 3.63) is 48.0 Å². The lowest BCUT2D eigenvalue weighted by atomic mass is 9.99. The van der Waals surface area contributed by atoms with E-state index >= 15 is 0 Å². The summed E-state index contributed by atoms with van der Waals surface area (Å²) in [5.41, 5.74) is 1.38. The second-order valence-electron chi connectivity index (χ2n) is 5.64. The second kappa shape index (κ2) is 6.38. The van der Waals surface area contributed by atoms with E-state index in [0.717, 1.165) is 26.1 Å². The number of fused-ring (bicyclic) bond motifs is 1. The lowest BCUT2D eigenvalue weighted by molar-refractivity contribution is 0.0872. The fraction of sp³-hybridized carbons (Fsp3) is 0.444. The number of nitrogens with one attached hydrogen (secondary N) is 1. The van der Waals surface area contributed by atoms with E-state index < -0.39 is 0 Å². The van der Waals surface area contributed by atoms with E-state index in [1.54, 1.807) is 0 Å². The van der Waals surface area contributed by atoms with Crippen molar-refractivity contribution in [3.63, 3.8) is 0 Å². The molecular formula is C18H23NO. The van der Waals surface area contributed by atoms with Crippen LogP contribution in [0.5, 0.6) is 0 Å². The van der Waals surface area contributed by atoms with Crippen LogP contribution in [0.1, 0.15) is 25.3 Å². The molecule has 1 saturated heterocycles. The zero-order chi connectivity index (χ0) is 13.8. The fourth-order valence-electron chi connectivity index (χ4n) is 3.22. The Morgan fingerprint density at radius 3 is 2.90 bits per heavy atom. The predicted octanol–water partition coefficient (Wildman–Crippen LogP) is 3.74. The van der Waals surface area contributed by atoms with Gasteiger partial charge in [0.15, 0.2) is 0 Å². The van der Waals surface area contributed by atoms with Gasteiger partial charge in [0.05, 0.1) is 6.10 Å². The molecule has 0 radical (unpaired) electrons. The molecule has 2 heteroatoms. The van der Waals surface area contributed by atoms with E-state index in [1.807, 2.05) is 0 Å². The van der Waals surface area contributed by atoms with Crippen LogP contribution in [0.25, 0.3) is 10.8 Å². The highest BCUT2D eigenvalue weighted by molar-refractivity contribution is 5.85. The van der Waals surface area contributed by atoms with Gasteiger partial charge < -0.3 is 10.1 Å². The van der Waals surface area contributed by atoms with Crippen molar-refractivity contribution >= 4 is 10.8 Å². The first kappa shape index (κ1) is 13.6. The van der Waals surface area contributed by atoms with Gasteiger partial charge in [-0.05, 0) is 35.1 Å². The van der Waals surface area contributed by atoms with E-state index in [9.17, 15) is 0 Å². The van der Waals surface area contributed by atoms with Gasteiger partial charge in [-0.25, -0.2) is 0 Å². The minimum absolute atomic E-state index is 0.454. The molecule has 0 amide bonds. The van der Waals surface area contributed by atoms with Gasteiger partial charge in [0.2, 0.25) is 0 Å². The fourth-order valence-corrected chi connectivity index (χ4v) is 3.22. The highest BCUT2D eigenvalue weighted by Gasteiger charge is 2.25. The normalized spacial score (nSPS) is 22.4. The predicted molar refractivity (Wildman–Crippen MR) is 83.8 cm³/mol. The van der Waals surface area contributed by atoms with Gasteiger partial charge in [-0.15, -0.1) is 0 Å². The first-order valence-corrected chi connectivity index (χ1v) is 7.67. The van der Waals surface area contributed by atoms with Crippen LogP contribution in [-0.2, 0) is 11.3 Å². The minimum atomic E-state index is 0.454. The molecule has 0 spiro atoms. The summed E-state index contributed by atoms with van der Waals surface area (Å²) in [7, 11) is 0. The van der Waals surface area contributed by atoms with Crippen molar-refractivity contribution in [2.24, 2.45) is 5.92 Å². The summed E-state index contributed by atoms with van der Waals surface area (Å²) in [4.78, 5) is 0. The largest absolute Gasteiger partial charge is 0.378 e. The molecule has 2 aromatic carbocycles. The zero-order valence-electron chi connectivity index (χ0n) is 12.1.